The van der Waals surface area contributed by atoms with Crippen molar-refractivity contribution in [1.29, 1.82) is 5.26 Å². The molecule has 0 radical (unpaired) electrons. The van der Waals surface area contributed by atoms with E-state index in [2.05, 4.69) is 18.3 Å². The number of rotatable bonds is 8. The fraction of sp³-hybridized carbons (Fsp3) is 0.909. The molecule has 0 saturated heterocycles. The monoisotopic (exact) mass is 198 g/mol. The van der Waals surface area contributed by atoms with E-state index in [1.165, 1.54) is 12.8 Å². The van der Waals surface area contributed by atoms with Crippen molar-refractivity contribution < 1.29 is 4.74 Å². The molecule has 0 aromatic rings. The lowest BCUT2D eigenvalue weighted by molar-refractivity contribution is 0.190. The summed E-state index contributed by atoms with van der Waals surface area (Å²) in [5, 5.41) is 12.3. The van der Waals surface area contributed by atoms with Crippen LogP contribution >= 0.6 is 0 Å². The van der Waals surface area contributed by atoms with Crippen molar-refractivity contribution in [3.8, 4) is 6.07 Å². The lowest BCUT2D eigenvalue weighted by atomic mass is 9.96. The summed E-state index contributed by atoms with van der Waals surface area (Å²) < 4.78 is 4.94. The van der Waals surface area contributed by atoms with Crippen LogP contribution in [-0.4, -0.2) is 25.8 Å². The second-order valence-corrected chi connectivity index (χ2v) is 3.82. The van der Waals surface area contributed by atoms with Crippen molar-refractivity contribution in [1.82, 2.24) is 5.32 Å². The second kappa shape index (κ2) is 7.78. The van der Waals surface area contributed by atoms with Crippen LogP contribution in [0.5, 0.6) is 0 Å². The Hall–Kier alpha value is -0.590. The third-order valence-electron chi connectivity index (χ3n) is 2.35. The van der Waals surface area contributed by atoms with E-state index in [9.17, 15) is 0 Å². The number of nitrogens with zero attached hydrogens (tertiary/aromatic N) is 1. The van der Waals surface area contributed by atoms with Crippen LogP contribution in [-0.2, 0) is 4.74 Å². The standard InChI is InChI=1S/C11H22N2O/c1-4-5-6-7-11(2,10-12)13-8-9-14-3/h13H,4-9H2,1-3H3. The molecular formula is C11H22N2O. The maximum Gasteiger partial charge on any atom is 0.104 e. The molecule has 1 atom stereocenters. The van der Waals surface area contributed by atoms with E-state index in [0.717, 1.165) is 19.4 Å². The molecule has 0 bridgehead atoms. The van der Waals surface area contributed by atoms with Gasteiger partial charge in [-0.25, -0.2) is 0 Å². The summed E-state index contributed by atoms with van der Waals surface area (Å²) >= 11 is 0. The zero-order valence-electron chi connectivity index (χ0n) is 9.60. The van der Waals surface area contributed by atoms with Crippen molar-refractivity contribution >= 4 is 0 Å². The molecule has 0 rings (SSSR count). The molecule has 0 spiro atoms. The van der Waals surface area contributed by atoms with Gasteiger partial charge in [-0.3, -0.25) is 5.32 Å². The first-order chi connectivity index (χ1) is 6.68. The SMILES string of the molecule is CCCCCC(C)(C#N)NCCOC. The average Bonchev–Trinajstić information content (AvgIpc) is 2.19. The Labute approximate surface area is 87.4 Å². The van der Waals surface area contributed by atoms with Crippen LogP contribution in [0.15, 0.2) is 0 Å². The Bertz CT molecular complexity index is 165. The van der Waals surface area contributed by atoms with Gasteiger partial charge in [0, 0.05) is 13.7 Å². The van der Waals surface area contributed by atoms with Crippen LogP contribution in [0.3, 0.4) is 0 Å². The maximum absolute atomic E-state index is 9.03. The molecule has 82 valence electrons. The van der Waals surface area contributed by atoms with Crippen molar-refractivity contribution in [3.05, 3.63) is 0 Å². The molecule has 1 unspecified atom stereocenters. The topological polar surface area (TPSA) is 45.0 Å². The van der Waals surface area contributed by atoms with Crippen LogP contribution in [0.4, 0.5) is 0 Å². The highest BCUT2D eigenvalue weighted by Crippen LogP contribution is 2.13. The van der Waals surface area contributed by atoms with Gasteiger partial charge < -0.3 is 4.74 Å². The quantitative estimate of drug-likeness (QED) is 0.607. The van der Waals surface area contributed by atoms with E-state index >= 15 is 0 Å². The largest absolute Gasteiger partial charge is 0.383 e. The number of nitrogens with one attached hydrogen (secondary N) is 1. The molecule has 3 nitrogen and oxygen atoms in total. The zero-order valence-corrected chi connectivity index (χ0v) is 9.60. The Kier molecular flexibility index (Phi) is 7.45. The molecule has 0 aliphatic carbocycles. The maximum atomic E-state index is 9.03. The highest BCUT2D eigenvalue weighted by atomic mass is 16.5. The first kappa shape index (κ1) is 13.4. The highest BCUT2D eigenvalue weighted by molar-refractivity contribution is 5.03. The van der Waals surface area contributed by atoms with Gasteiger partial charge in [0.1, 0.15) is 5.54 Å². The molecule has 3 heteroatoms. The molecular weight excluding hydrogens is 176 g/mol. The molecule has 1 N–H and O–H groups in total. The van der Waals surface area contributed by atoms with Crippen LogP contribution in [0.2, 0.25) is 0 Å². The van der Waals surface area contributed by atoms with Gasteiger partial charge >= 0.3 is 0 Å². The molecule has 14 heavy (non-hydrogen) atoms. The Morgan fingerprint density at radius 1 is 1.43 bits per heavy atom. The van der Waals surface area contributed by atoms with E-state index in [1.807, 2.05) is 6.92 Å². The smallest absolute Gasteiger partial charge is 0.104 e. The Morgan fingerprint density at radius 2 is 2.14 bits per heavy atom. The fourth-order valence-electron chi connectivity index (χ4n) is 1.34. The third-order valence-corrected chi connectivity index (χ3v) is 2.35. The van der Waals surface area contributed by atoms with Gasteiger partial charge in [-0.2, -0.15) is 5.26 Å². The molecule has 0 aliphatic rings. The summed E-state index contributed by atoms with van der Waals surface area (Å²) in [6.07, 6.45) is 4.42. The summed E-state index contributed by atoms with van der Waals surface area (Å²) in [5.41, 5.74) is -0.381. The van der Waals surface area contributed by atoms with Gasteiger partial charge in [-0.15, -0.1) is 0 Å². The highest BCUT2D eigenvalue weighted by Gasteiger charge is 2.21. The van der Waals surface area contributed by atoms with E-state index in [1.54, 1.807) is 7.11 Å². The van der Waals surface area contributed by atoms with Crippen molar-refractivity contribution in [3.63, 3.8) is 0 Å². The lowest BCUT2D eigenvalue weighted by Gasteiger charge is -2.22. The lowest BCUT2D eigenvalue weighted by Crippen LogP contribution is -2.42. The third kappa shape index (κ3) is 5.95. The Morgan fingerprint density at radius 3 is 2.64 bits per heavy atom. The van der Waals surface area contributed by atoms with Gasteiger partial charge in [0.05, 0.1) is 12.7 Å². The summed E-state index contributed by atoms with van der Waals surface area (Å²) in [4.78, 5) is 0. The molecule has 0 aliphatic heterocycles. The molecule has 0 fully saturated rings. The van der Waals surface area contributed by atoms with Gasteiger partial charge in [0.15, 0.2) is 0 Å². The molecule has 0 heterocycles. The van der Waals surface area contributed by atoms with Crippen LogP contribution in [0.25, 0.3) is 0 Å². The number of hydrogen-bond acceptors (Lipinski definition) is 3. The molecule has 0 saturated carbocycles. The van der Waals surface area contributed by atoms with Crippen molar-refractivity contribution in [2.75, 3.05) is 20.3 Å². The van der Waals surface area contributed by atoms with Crippen LogP contribution in [0, 0.1) is 11.3 Å². The molecule has 0 aromatic carbocycles. The van der Waals surface area contributed by atoms with Gasteiger partial charge in [0.25, 0.3) is 0 Å². The summed E-state index contributed by atoms with van der Waals surface area (Å²) in [5.74, 6) is 0. The Balaban J connectivity index is 3.75. The number of unbranched alkanes of at least 4 members (excludes halogenated alkanes) is 2. The fourth-order valence-corrected chi connectivity index (χ4v) is 1.34. The van der Waals surface area contributed by atoms with Crippen LogP contribution < -0.4 is 5.32 Å². The second-order valence-electron chi connectivity index (χ2n) is 3.82. The first-order valence-corrected chi connectivity index (χ1v) is 5.33. The number of ether oxygens (including phenoxy) is 1. The predicted molar refractivity (Wildman–Crippen MR) is 58.0 cm³/mol. The predicted octanol–water partition coefficient (Wildman–Crippen LogP) is 2.08. The summed E-state index contributed by atoms with van der Waals surface area (Å²) in [6, 6.07) is 2.33. The van der Waals surface area contributed by atoms with Gasteiger partial charge in [0.2, 0.25) is 0 Å². The van der Waals surface area contributed by atoms with E-state index < -0.39 is 0 Å². The van der Waals surface area contributed by atoms with Gasteiger partial charge in [-0.1, -0.05) is 26.2 Å². The van der Waals surface area contributed by atoms with Crippen LogP contribution in [0.1, 0.15) is 39.5 Å². The average molecular weight is 198 g/mol. The summed E-state index contributed by atoms with van der Waals surface area (Å²) in [7, 11) is 1.67. The molecule has 0 aromatic heterocycles. The van der Waals surface area contributed by atoms with Gasteiger partial charge in [-0.05, 0) is 13.3 Å². The number of nitriles is 1. The number of hydrogen-bond donors (Lipinski definition) is 1. The normalized spacial score (nSPS) is 14.7. The minimum atomic E-state index is -0.381. The summed E-state index contributed by atoms with van der Waals surface area (Å²) in [6.45, 7) is 5.53. The van der Waals surface area contributed by atoms with E-state index in [4.69, 9.17) is 10.00 Å². The van der Waals surface area contributed by atoms with E-state index in [0.29, 0.717) is 6.61 Å². The first-order valence-electron chi connectivity index (χ1n) is 5.33. The molecule has 0 amide bonds. The zero-order chi connectivity index (χ0) is 10.9. The number of methoxy groups -OCH3 is 1. The van der Waals surface area contributed by atoms with Crippen molar-refractivity contribution in [2.45, 2.75) is 45.1 Å². The van der Waals surface area contributed by atoms with E-state index in [-0.39, 0.29) is 5.54 Å². The minimum Gasteiger partial charge on any atom is -0.383 e. The van der Waals surface area contributed by atoms with Crippen molar-refractivity contribution in [2.24, 2.45) is 0 Å². The minimum absolute atomic E-state index is 0.381.